The molecule has 14 nitrogen and oxygen atoms in total. The van der Waals surface area contributed by atoms with Crippen LogP contribution in [0.1, 0.15) is 11.4 Å². The first kappa shape index (κ1) is 25.2. The maximum absolute atomic E-state index is 13.1. The summed E-state index contributed by atoms with van der Waals surface area (Å²) >= 11 is 5.17. The number of carboxylic acids is 1. The molecule has 1 saturated heterocycles. The van der Waals surface area contributed by atoms with Gasteiger partial charge in [0.05, 0.1) is 0 Å². The average molecular weight is 581 g/mol. The lowest BCUT2D eigenvalue weighted by atomic mass is 10.0. The van der Waals surface area contributed by atoms with E-state index in [9.17, 15) is 19.5 Å². The topological polar surface area (TPSA) is 199 Å². The second kappa shape index (κ2) is 10.9. The van der Waals surface area contributed by atoms with Crippen molar-refractivity contribution in [3.05, 3.63) is 45.9 Å². The van der Waals surface area contributed by atoms with Crippen LogP contribution in [0.2, 0.25) is 0 Å². The second-order valence-corrected chi connectivity index (χ2v) is 11.4. The number of fused-ring (bicyclic) bond motifs is 1. The van der Waals surface area contributed by atoms with Crippen molar-refractivity contribution in [2.75, 3.05) is 17.2 Å². The van der Waals surface area contributed by atoms with Gasteiger partial charge in [0.15, 0.2) is 21.8 Å². The van der Waals surface area contributed by atoms with Gasteiger partial charge in [0.25, 0.3) is 11.8 Å². The van der Waals surface area contributed by atoms with E-state index in [0.717, 1.165) is 11.3 Å². The number of thioether (sulfide) groups is 2. The van der Waals surface area contributed by atoms with Gasteiger partial charge in [-0.15, -0.1) is 33.3 Å². The van der Waals surface area contributed by atoms with E-state index >= 15 is 0 Å². The third kappa shape index (κ3) is 5.31. The Balaban J connectivity index is 1.30. The Morgan fingerprint density at radius 1 is 1.41 bits per heavy atom. The van der Waals surface area contributed by atoms with E-state index in [-0.39, 0.29) is 28.8 Å². The number of nitrogens with one attached hydrogen (secondary N) is 1. The highest BCUT2D eigenvalue weighted by atomic mass is 32.2. The molecule has 0 spiro atoms. The summed E-state index contributed by atoms with van der Waals surface area (Å²) in [5.74, 6) is -1.75. The van der Waals surface area contributed by atoms with Gasteiger partial charge in [-0.2, -0.15) is 0 Å². The SMILES string of the molecule is Nc1nc(/C(=N\OCc2ccon2)C(=O)NC2C(=O)N3C(C(=O)O)=C(CSc4nncs4)CSC23)cs1. The molecule has 3 aromatic rings. The minimum atomic E-state index is -1.21. The Morgan fingerprint density at radius 2 is 2.27 bits per heavy atom. The van der Waals surface area contributed by atoms with Crippen molar-refractivity contribution in [3.63, 3.8) is 0 Å². The van der Waals surface area contributed by atoms with Crippen LogP contribution in [0.4, 0.5) is 5.13 Å². The Labute approximate surface area is 224 Å². The number of nitrogen functional groups attached to an aromatic ring is 1. The molecule has 2 aliphatic rings. The number of anilines is 1. The van der Waals surface area contributed by atoms with E-state index in [1.54, 1.807) is 11.6 Å². The number of oxime groups is 1. The lowest BCUT2D eigenvalue weighted by Crippen LogP contribution is -2.71. The lowest BCUT2D eigenvalue weighted by molar-refractivity contribution is -0.150. The van der Waals surface area contributed by atoms with Crippen LogP contribution >= 0.6 is 46.2 Å². The van der Waals surface area contributed by atoms with Gasteiger partial charge in [0.1, 0.15) is 40.3 Å². The van der Waals surface area contributed by atoms with Gasteiger partial charge < -0.3 is 25.5 Å². The quantitative estimate of drug-likeness (QED) is 0.133. The van der Waals surface area contributed by atoms with Crippen molar-refractivity contribution in [1.82, 2.24) is 30.6 Å². The predicted molar refractivity (Wildman–Crippen MR) is 135 cm³/mol. The van der Waals surface area contributed by atoms with Crippen molar-refractivity contribution >= 4 is 74.8 Å². The number of amides is 2. The number of aliphatic carboxylic acids is 1. The monoisotopic (exact) mass is 580 g/mol. The number of carbonyl (C=O) groups excluding carboxylic acids is 2. The van der Waals surface area contributed by atoms with Gasteiger partial charge in [-0.25, -0.2) is 9.78 Å². The summed E-state index contributed by atoms with van der Waals surface area (Å²) in [6, 6.07) is 0.618. The highest BCUT2D eigenvalue weighted by molar-refractivity contribution is 8.01. The van der Waals surface area contributed by atoms with Crippen LogP contribution in [0, 0.1) is 0 Å². The van der Waals surface area contributed by atoms with Crippen LogP contribution in [0.3, 0.4) is 0 Å². The predicted octanol–water partition coefficient (Wildman–Crippen LogP) is 1.02. The van der Waals surface area contributed by atoms with Crippen molar-refractivity contribution in [1.29, 1.82) is 0 Å². The number of aromatic nitrogens is 4. The van der Waals surface area contributed by atoms with E-state index in [1.165, 1.54) is 51.4 Å². The number of nitrogens with zero attached hydrogens (tertiary/aromatic N) is 6. The number of hydrogen-bond donors (Lipinski definition) is 3. The average Bonchev–Trinajstić information content (AvgIpc) is 3.67. The van der Waals surface area contributed by atoms with Crippen LogP contribution in [-0.2, 0) is 25.8 Å². The van der Waals surface area contributed by atoms with E-state index < -0.39 is 29.2 Å². The van der Waals surface area contributed by atoms with E-state index in [4.69, 9.17) is 15.1 Å². The molecule has 0 bridgehead atoms. The van der Waals surface area contributed by atoms with Gasteiger partial charge in [-0.1, -0.05) is 33.4 Å². The smallest absolute Gasteiger partial charge is 0.352 e. The largest absolute Gasteiger partial charge is 0.477 e. The zero-order valence-electron chi connectivity index (χ0n) is 18.5. The fourth-order valence-electron chi connectivity index (χ4n) is 3.45. The van der Waals surface area contributed by atoms with Gasteiger partial charge in [0, 0.05) is 23.0 Å². The molecule has 2 amide bonds. The first-order valence-corrected chi connectivity index (χ1v) is 14.1. The fraction of sp³-hybridized carbons (Fsp3) is 0.263. The summed E-state index contributed by atoms with van der Waals surface area (Å²) in [6.07, 6.45) is 1.37. The van der Waals surface area contributed by atoms with E-state index in [1.807, 2.05) is 0 Å². The molecule has 2 unspecified atom stereocenters. The molecule has 192 valence electrons. The molecule has 5 heterocycles. The van der Waals surface area contributed by atoms with Crippen molar-refractivity contribution in [3.8, 4) is 0 Å². The molecule has 37 heavy (non-hydrogen) atoms. The summed E-state index contributed by atoms with van der Waals surface area (Å²) < 4.78 is 5.43. The molecule has 2 atom stereocenters. The number of hydrogen-bond acceptors (Lipinski definition) is 15. The molecule has 0 radical (unpaired) electrons. The van der Waals surface area contributed by atoms with Crippen LogP contribution in [0.5, 0.6) is 0 Å². The van der Waals surface area contributed by atoms with Crippen LogP contribution in [0.25, 0.3) is 0 Å². The molecule has 0 saturated carbocycles. The molecular weight excluding hydrogens is 565 g/mol. The third-order valence-corrected chi connectivity index (χ3v) is 9.05. The highest BCUT2D eigenvalue weighted by Gasteiger charge is 2.54. The van der Waals surface area contributed by atoms with Gasteiger partial charge in [0.2, 0.25) is 0 Å². The molecule has 18 heteroatoms. The summed E-state index contributed by atoms with van der Waals surface area (Å²) in [7, 11) is 0. The Morgan fingerprint density at radius 3 is 2.95 bits per heavy atom. The fourth-order valence-corrected chi connectivity index (χ4v) is 6.98. The minimum absolute atomic E-state index is 0.0634. The molecular formula is C19H16N8O6S4. The zero-order chi connectivity index (χ0) is 25.9. The number of nitrogens with two attached hydrogens (primary N) is 1. The molecule has 2 aliphatic heterocycles. The number of carbonyl (C=O) groups is 3. The van der Waals surface area contributed by atoms with Gasteiger partial charge in [-0.05, 0) is 5.57 Å². The molecule has 0 aliphatic carbocycles. The maximum atomic E-state index is 13.1. The molecule has 3 aromatic heterocycles. The summed E-state index contributed by atoms with van der Waals surface area (Å²) in [5, 5.41) is 28.9. The molecule has 0 aromatic carbocycles. The van der Waals surface area contributed by atoms with E-state index in [0.29, 0.717) is 27.1 Å². The maximum Gasteiger partial charge on any atom is 0.352 e. The summed E-state index contributed by atoms with van der Waals surface area (Å²) in [5.41, 5.74) is 8.25. The lowest BCUT2D eigenvalue weighted by Gasteiger charge is -2.49. The first-order chi connectivity index (χ1) is 17.9. The van der Waals surface area contributed by atoms with Crippen molar-refractivity contribution < 1.29 is 28.9 Å². The minimum Gasteiger partial charge on any atom is -0.477 e. The highest BCUT2D eigenvalue weighted by Crippen LogP contribution is 2.41. The standard InChI is InChI=1S/C19H16N8O6S4/c20-18-22-10(6-35-18)11(26-33-3-9-1-2-32-25-9)14(28)23-12-15(29)27-13(17(30)31)8(4-34-16(12)27)5-36-19-24-21-7-37-19/h1-2,6-7,12,16H,3-5H2,(H2,20,22)(H,23,28)(H,30,31)/b26-11+. The van der Waals surface area contributed by atoms with Gasteiger partial charge >= 0.3 is 5.97 Å². The summed E-state index contributed by atoms with van der Waals surface area (Å²) in [6.45, 7) is -0.0634. The Bertz CT molecular complexity index is 1370. The van der Waals surface area contributed by atoms with Crippen LogP contribution in [-0.4, -0.2) is 76.8 Å². The number of β-lactam (4-membered cyclic amide) rings is 1. The molecule has 4 N–H and O–H groups in total. The normalized spacial score (nSPS) is 19.4. The van der Waals surface area contributed by atoms with Crippen molar-refractivity contribution in [2.45, 2.75) is 22.4 Å². The number of carboxylic acid groups (broad SMARTS) is 1. The van der Waals surface area contributed by atoms with Crippen LogP contribution < -0.4 is 11.1 Å². The summed E-state index contributed by atoms with van der Waals surface area (Å²) in [4.78, 5) is 48.7. The number of rotatable bonds is 10. The van der Waals surface area contributed by atoms with E-state index in [2.05, 4.69) is 30.8 Å². The van der Waals surface area contributed by atoms with Gasteiger partial charge in [-0.3, -0.25) is 14.5 Å². The Hall–Kier alpha value is -3.48. The zero-order valence-corrected chi connectivity index (χ0v) is 21.7. The van der Waals surface area contributed by atoms with Crippen LogP contribution in [0.15, 0.2) is 48.5 Å². The number of thiazole rings is 1. The first-order valence-electron chi connectivity index (χ1n) is 10.3. The molecule has 5 rings (SSSR count). The second-order valence-electron chi connectivity index (χ2n) is 7.39. The van der Waals surface area contributed by atoms with Crippen molar-refractivity contribution in [2.24, 2.45) is 5.16 Å². The third-order valence-electron chi connectivity index (χ3n) is 5.09. The molecule has 1 fully saturated rings. The Kier molecular flexibility index (Phi) is 7.40.